The van der Waals surface area contributed by atoms with E-state index >= 15 is 0 Å². The van der Waals surface area contributed by atoms with Crippen molar-refractivity contribution >= 4 is 42.1 Å². The van der Waals surface area contributed by atoms with Gasteiger partial charge in [0.25, 0.3) is 0 Å². The summed E-state index contributed by atoms with van der Waals surface area (Å²) in [6, 6.07) is 0.0574. The quantitative estimate of drug-likeness (QED) is 0.772. The first-order valence-corrected chi connectivity index (χ1v) is 8.90. The van der Waals surface area contributed by atoms with E-state index in [1.807, 2.05) is 13.8 Å². The third kappa shape index (κ3) is 6.48. The molecule has 1 aliphatic carbocycles. The van der Waals surface area contributed by atoms with Gasteiger partial charge in [0.2, 0.25) is 5.91 Å². The van der Waals surface area contributed by atoms with Crippen molar-refractivity contribution in [1.82, 2.24) is 10.3 Å². The van der Waals surface area contributed by atoms with E-state index in [4.69, 9.17) is 10.5 Å². The summed E-state index contributed by atoms with van der Waals surface area (Å²) >= 11 is 1.64. The minimum atomic E-state index is 0. The molecule has 2 rings (SSSR count). The van der Waals surface area contributed by atoms with Crippen molar-refractivity contribution in [3.05, 3.63) is 15.6 Å². The van der Waals surface area contributed by atoms with Crippen molar-refractivity contribution in [2.75, 3.05) is 6.61 Å². The Morgan fingerprint density at radius 3 is 2.67 bits per heavy atom. The van der Waals surface area contributed by atoms with Gasteiger partial charge < -0.3 is 15.8 Å². The zero-order valence-corrected chi connectivity index (χ0v) is 17.0. The van der Waals surface area contributed by atoms with Gasteiger partial charge in [-0.3, -0.25) is 4.79 Å². The zero-order valence-electron chi connectivity index (χ0n) is 14.5. The van der Waals surface area contributed by atoms with Crippen LogP contribution in [0.4, 0.5) is 0 Å². The average Bonchev–Trinajstić information content (AvgIpc) is 2.81. The van der Waals surface area contributed by atoms with Gasteiger partial charge in [-0.1, -0.05) is 6.92 Å². The first-order valence-electron chi connectivity index (χ1n) is 8.09. The number of hydrogen-bond donors (Lipinski definition) is 2. The molecule has 140 valence electrons. The van der Waals surface area contributed by atoms with Crippen molar-refractivity contribution in [3.8, 4) is 0 Å². The van der Waals surface area contributed by atoms with Gasteiger partial charge in [0.1, 0.15) is 0 Å². The number of nitrogens with two attached hydrogens (primary N) is 1. The van der Waals surface area contributed by atoms with Crippen LogP contribution in [0.2, 0.25) is 0 Å². The number of ether oxygens (including phenoxy) is 1. The molecule has 3 N–H and O–H groups in total. The number of nitrogens with zero attached hydrogens (tertiary/aromatic N) is 1. The summed E-state index contributed by atoms with van der Waals surface area (Å²) in [5, 5.41) is 4.09. The smallest absolute Gasteiger partial charge is 0.223 e. The van der Waals surface area contributed by atoms with Crippen molar-refractivity contribution in [2.45, 2.75) is 65.1 Å². The molecular weight excluding hydrogens is 369 g/mol. The summed E-state index contributed by atoms with van der Waals surface area (Å²) in [4.78, 5) is 17.9. The minimum absolute atomic E-state index is 0. The number of nitrogens with one attached hydrogen (secondary N) is 1. The lowest BCUT2D eigenvalue weighted by molar-refractivity contribution is -0.128. The number of halogens is 2. The Labute approximate surface area is 161 Å². The van der Waals surface area contributed by atoms with Gasteiger partial charge in [0.15, 0.2) is 0 Å². The maximum atomic E-state index is 12.4. The molecule has 0 aliphatic heterocycles. The molecule has 24 heavy (non-hydrogen) atoms. The van der Waals surface area contributed by atoms with Crippen LogP contribution in [0.5, 0.6) is 0 Å². The fourth-order valence-corrected chi connectivity index (χ4v) is 3.78. The number of aromatic nitrogens is 1. The highest BCUT2D eigenvalue weighted by Crippen LogP contribution is 2.26. The molecule has 1 aliphatic rings. The molecule has 0 saturated heterocycles. The second-order valence-electron chi connectivity index (χ2n) is 6.04. The van der Waals surface area contributed by atoms with E-state index in [2.05, 4.69) is 17.2 Å². The lowest BCUT2D eigenvalue weighted by atomic mass is 9.83. The van der Waals surface area contributed by atoms with E-state index in [1.54, 1.807) is 11.3 Å². The molecule has 1 saturated carbocycles. The van der Waals surface area contributed by atoms with Crippen LogP contribution >= 0.6 is 36.2 Å². The van der Waals surface area contributed by atoms with Crippen LogP contribution in [0.25, 0.3) is 0 Å². The summed E-state index contributed by atoms with van der Waals surface area (Å²) in [6.45, 7) is 7.34. The summed E-state index contributed by atoms with van der Waals surface area (Å²) in [7, 11) is 0. The normalized spacial score (nSPS) is 23.1. The topological polar surface area (TPSA) is 77.2 Å². The molecule has 0 unspecified atom stereocenters. The molecular formula is C16H29Cl2N3O2S. The predicted molar refractivity (Wildman–Crippen MR) is 103 cm³/mol. The van der Waals surface area contributed by atoms with Gasteiger partial charge in [0, 0.05) is 23.4 Å². The molecule has 0 aromatic carbocycles. The fourth-order valence-electron chi connectivity index (χ4n) is 2.90. The first-order chi connectivity index (χ1) is 10.5. The van der Waals surface area contributed by atoms with Gasteiger partial charge in [-0.05, 0) is 39.5 Å². The molecule has 0 spiro atoms. The Balaban J connectivity index is 0.00000264. The van der Waals surface area contributed by atoms with Gasteiger partial charge in [-0.15, -0.1) is 36.2 Å². The molecule has 1 aromatic heterocycles. The highest BCUT2D eigenvalue weighted by atomic mass is 35.5. The largest absolute Gasteiger partial charge is 0.377 e. The number of rotatable bonds is 6. The number of carbonyl (C=O) groups is 1. The van der Waals surface area contributed by atoms with Gasteiger partial charge in [-0.2, -0.15) is 0 Å². The number of carbonyl (C=O) groups excluding carboxylic acids is 1. The molecule has 3 atom stereocenters. The van der Waals surface area contributed by atoms with Crippen LogP contribution in [0.15, 0.2) is 0 Å². The summed E-state index contributed by atoms with van der Waals surface area (Å²) in [6.07, 6.45) is 3.42. The second kappa shape index (κ2) is 11.3. The number of amides is 1. The Bertz CT molecular complexity index is 514. The van der Waals surface area contributed by atoms with Crippen molar-refractivity contribution < 1.29 is 9.53 Å². The second-order valence-corrected chi connectivity index (χ2v) is 7.33. The number of aryl methyl sites for hydroxylation is 2. The van der Waals surface area contributed by atoms with Crippen LogP contribution < -0.4 is 11.1 Å². The lowest BCUT2D eigenvalue weighted by Crippen LogP contribution is -2.45. The van der Waals surface area contributed by atoms with E-state index in [9.17, 15) is 4.79 Å². The monoisotopic (exact) mass is 397 g/mol. The Kier molecular flexibility index (Phi) is 11.1. The highest BCUT2D eigenvalue weighted by molar-refractivity contribution is 7.11. The molecule has 1 amide bonds. The molecule has 1 fully saturated rings. The standard InChI is InChI=1S/C16H27N3O2S.2ClH/c1-4-7-21-14-8-12(5-6-13(14)17)16(20)18-9-15-10(2)19-11(3)22-15;;/h12-14H,4-9,17H2,1-3H3,(H,18,20);2*1H/t12-,13+,14+;;/m0../s1. The molecule has 8 heteroatoms. The molecule has 1 aromatic rings. The Hall–Kier alpha value is -0.400. The molecule has 0 radical (unpaired) electrons. The van der Waals surface area contributed by atoms with Crippen LogP contribution in [0.1, 0.15) is 48.2 Å². The lowest BCUT2D eigenvalue weighted by Gasteiger charge is -2.33. The zero-order chi connectivity index (χ0) is 16.1. The predicted octanol–water partition coefficient (Wildman–Crippen LogP) is 3.14. The average molecular weight is 398 g/mol. The van der Waals surface area contributed by atoms with Crippen molar-refractivity contribution in [2.24, 2.45) is 11.7 Å². The van der Waals surface area contributed by atoms with E-state index in [0.29, 0.717) is 13.2 Å². The molecule has 5 nitrogen and oxygen atoms in total. The van der Waals surface area contributed by atoms with Gasteiger partial charge in [0.05, 0.1) is 23.4 Å². The number of thiazole rings is 1. The Morgan fingerprint density at radius 2 is 2.08 bits per heavy atom. The maximum absolute atomic E-state index is 12.4. The van der Waals surface area contributed by atoms with Crippen molar-refractivity contribution in [3.63, 3.8) is 0 Å². The van der Waals surface area contributed by atoms with Crippen LogP contribution in [-0.4, -0.2) is 29.6 Å². The number of hydrogen-bond acceptors (Lipinski definition) is 5. The van der Waals surface area contributed by atoms with Crippen LogP contribution in [-0.2, 0) is 16.1 Å². The van der Waals surface area contributed by atoms with E-state index in [0.717, 1.165) is 41.3 Å². The van der Waals surface area contributed by atoms with E-state index in [1.165, 1.54) is 0 Å². The SMILES string of the molecule is CCCO[C@@H]1C[C@@H](C(=O)NCc2sc(C)nc2C)CC[C@H]1N.Cl.Cl. The van der Waals surface area contributed by atoms with Gasteiger partial charge in [-0.25, -0.2) is 4.98 Å². The maximum Gasteiger partial charge on any atom is 0.223 e. The van der Waals surface area contributed by atoms with Crippen LogP contribution in [0.3, 0.4) is 0 Å². The Morgan fingerprint density at radius 1 is 1.38 bits per heavy atom. The highest BCUT2D eigenvalue weighted by Gasteiger charge is 2.32. The van der Waals surface area contributed by atoms with E-state index in [-0.39, 0.29) is 48.8 Å². The first kappa shape index (κ1) is 23.6. The molecule has 0 bridgehead atoms. The summed E-state index contributed by atoms with van der Waals surface area (Å²) in [5.41, 5.74) is 7.12. The van der Waals surface area contributed by atoms with Crippen LogP contribution in [0, 0.1) is 19.8 Å². The van der Waals surface area contributed by atoms with E-state index < -0.39 is 0 Å². The minimum Gasteiger partial charge on any atom is -0.377 e. The molecule has 1 heterocycles. The van der Waals surface area contributed by atoms with Crippen molar-refractivity contribution in [1.29, 1.82) is 0 Å². The summed E-state index contributed by atoms with van der Waals surface area (Å²) in [5.74, 6) is 0.124. The third-order valence-electron chi connectivity index (χ3n) is 4.17. The third-order valence-corrected chi connectivity index (χ3v) is 5.25. The van der Waals surface area contributed by atoms with Gasteiger partial charge >= 0.3 is 0 Å². The summed E-state index contributed by atoms with van der Waals surface area (Å²) < 4.78 is 5.80. The fraction of sp³-hybridized carbons (Fsp3) is 0.750.